The topological polar surface area (TPSA) is 252 Å². The number of rotatable bonds is 25. The van der Waals surface area contributed by atoms with Crippen LogP contribution in [0.2, 0.25) is 10.3 Å². The number of aliphatic hydroxyl groups is 1. The lowest BCUT2D eigenvalue weighted by atomic mass is 9.81. The molecule has 9 aromatic carbocycles. The average Bonchev–Trinajstić information content (AvgIpc) is 0.778. The van der Waals surface area contributed by atoms with Gasteiger partial charge in [-0.25, -0.2) is 51.0 Å². The number of Topliss-reactive ketones (excluding diaryl/α,β-unsaturated/α-hetero) is 1. The van der Waals surface area contributed by atoms with E-state index in [1.807, 2.05) is 30.3 Å². The zero-order chi connectivity index (χ0) is 102. The van der Waals surface area contributed by atoms with Crippen molar-refractivity contribution in [1.82, 2.24) is 29.6 Å². The Bertz CT molecular complexity index is 6440. The number of H-pyrrole nitrogens is 1. The van der Waals surface area contributed by atoms with Crippen LogP contribution in [0.15, 0.2) is 330 Å². The van der Waals surface area contributed by atoms with Gasteiger partial charge in [0.2, 0.25) is 5.56 Å². The van der Waals surface area contributed by atoms with Crippen LogP contribution in [-0.2, 0) is 64.8 Å². The van der Waals surface area contributed by atoms with E-state index in [0.29, 0.717) is 102 Å². The summed E-state index contributed by atoms with van der Waals surface area (Å²) in [4.78, 5) is 82.4. The van der Waals surface area contributed by atoms with Gasteiger partial charge < -0.3 is 42.9 Å². The first-order chi connectivity index (χ1) is 69.6. The number of halogens is 11. The fourth-order valence-electron chi connectivity index (χ4n) is 17.6. The van der Waals surface area contributed by atoms with Crippen LogP contribution in [0.4, 0.5) is 30.7 Å². The number of ketones is 1. The molecule has 0 saturated carbocycles. The Kier molecular flexibility index (Phi) is 41.4. The minimum Gasteiger partial charge on any atom is -0.465 e. The quantitative estimate of drug-likeness (QED) is 0.00607. The number of ether oxygens (including phenoxy) is 5. The second kappa shape index (κ2) is 54.2. The molecule has 19 nitrogen and oxygen atoms in total. The number of benzene rings is 9. The number of alkyl halides is 2. The number of nitrogens with zero attached hydrogens (tertiary/aromatic N) is 4. The molecule has 5 aromatic heterocycles. The largest absolute Gasteiger partial charge is 0.465 e. The lowest BCUT2D eigenvalue weighted by Crippen LogP contribution is -2.36. The van der Waals surface area contributed by atoms with Gasteiger partial charge >= 0.3 is 5.97 Å². The molecule has 5 unspecified atom stereocenters. The van der Waals surface area contributed by atoms with Crippen molar-refractivity contribution in [2.75, 3.05) is 45.3 Å². The van der Waals surface area contributed by atoms with E-state index >= 15 is 0 Å². The summed E-state index contributed by atoms with van der Waals surface area (Å²) in [6.07, 6.45) is 23.6. The van der Waals surface area contributed by atoms with Gasteiger partial charge in [-0.2, -0.15) is 0 Å². The number of esters is 1. The van der Waals surface area contributed by atoms with Crippen LogP contribution in [0, 0.1) is 40.7 Å². The number of carbonyl (C=O) groups excluding carboxylic acids is 3. The molecule has 4 N–H and O–H groups in total. The molecule has 4 saturated heterocycles. The molecule has 30 heteroatoms. The molecule has 144 heavy (non-hydrogen) atoms. The average molecular weight is 2050 g/mol. The van der Waals surface area contributed by atoms with E-state index in [4.69, 9.17) is 75.3 Å². The Morgan fingerprint density at radius 1 is 0.410 bits per heavy atom. The number of hydrogen-bond acceptors (Lipinski definition) is 15. The third-order valence-corrected chi connectivity index (χ3v) is 26.2. The molecule has 14 aromatic rings. The van der Waals surface area contributed by atoms with E-state index in [-0.39, 0.29) is 63.2 Å². The van der Waals surface area contributed by atoms with Crippen molar-refractivity contribution in [3.05, 3.63) is 482 Å². The smallest absolute Gasteiger partial charge is 0.337 e. The maximum absolute atomic E-state index is 13.5. The molecular weight excluding hydrogens is 1940 g/mol. The van der Waals surface area contributed by atoms with Crippen LogP contribution in [-0.4, -0.2) is 97.4 Å². The molecule has 5 atom stereocenters. The summed E-state index contributed by atoms with van der Waals surface area (Å²) < 4.78 is 123. The minimum absolute atomic E-state index is 0.0510. The van der Waals surface area contributed by atoms with E-state index in [1.54, 1.807) is 203 Å². The number of hydroxylamine groups is 1. The van der Waals surface area contributed by atoms with Crippen LogP contribution in [0.25, 0.3) is 0 Å². The molecule has 18 rings (SSSR count). The second-order valence-corrected chi connectivity index (χ2v) is 36.2. The molecule has 0 bridgehead atoms. The van der Waals surface area contributed by atoms with Gasteiger partial charge in [-0.05, 0) is 340 Å². The number of unbranched alkanes of at least 4 members (excludes halogenated alkanes) is 2. The summed E-state index contributed by atoms with van der Waals surface area (Å²) in [5.74, 6) is -1.78. The van der Waals surface area contributed by atoms with Crippen LogP contribution >= 0.6 is 46.4 Å². The molecular formula is C114H111Cl4F7N6O13. The Balaban J connectivity index is 0.000000154. The predicted molar refractivity (Wildman–Crippen MR) is 542 cm³/mol. The Labute approximate surface area is 850 Å². The third kappa shape index (κ3) is 30.0. The number of methoxy groups -OCH3 is 1. The van der Waals surface area contributed by atoms with Gasteiger partial charge in [-0.3, -0.25) is 29.2 Å². The molecule has 9 heterocycles. The molecule has 0 aliphatic carbocycles. The fraction of sp³-hybridized carbons (Fsp3) is 0.281. The number of hydrogen-bond donors (Lipinski definition) is 4. The van der Waals surface area contributed by atoms with E-state index < -0.39 is 39.9 Å². The summed E-state index contributed by atoms with van der Waals surface area (Å²) in [7, 11) is 1.34. The molecule has 0 spiro atoms. The van der Waals surface area contributed by atoms with Gasteiger partial charge in [0.1, 0.15) is 79.0 Å². The highest BCUT2D eigenvalue weighted by molar-refractivity contribution is 6.29. The minimum atomic E-state index is -1.23. The van der Waals surface area contributed by atoms with Crippen molar-refractivity contribution < 1.29 is 79.1 Å². The van der Waals surface area contributed by atoms with Gasteiger partial charge in [0.15, 0.2) is 5.78 Å². The monoisotopic (exact) mass is 2040 g/mol. The standard InChI is InChI=1S/C25H24FNO4.C24H23FN2O4.C16H16Cl2FNO.C16H15ClFNO.C16H16FNO2.C11H12ClFO.C6H5F/c1-30-24(29)19-6-4-18(5-7-19)17-27-14-12-21(16-23(27)28)25(13-2-3-15-31-25)20-8-10-22(26)11-9-20;25-21-9-7-19(8-10-21)24(12-1-2-14-31-24)20-11-13-27(22(28)15-20)16-17-3-5-18(6-4-17)23(29)26-30;17-9-2-1-8-16(21,12-3-5-14(19)6-4-12)13-7-10-20-15(18)11-13;17-15-11-13(7-9-19-15)16(8-1-2-10-20-16)12-3-5-14(18)6-4-12;17-14-5-3-12(4-6-14)16(8-1-2-10-20-16)13-7-9-18-15(19)11-13;12-8-2-1-3-11(14)9-4-6-10(13)7-5-9;7-6-4-2-1-3-5-6/h4-12,14,16H,2-3,13,15,17H2,1H3;3-11,13,15,30H,1-2,12,14,16H2,(H,26,29);3-7,10-11,21H,1-2,8-9H2;3-7,9,11H,1-2,8,10H2;3-7,9,11H,1-2,8,10H2,(H,18,19);4-7H,1-3,8H2;1-5H. The van der Waals surface area contributed by atoms with Gasteiger partial charge in [0.05, 0.1) is 25.8 Å². The Morgan fingerprint density at radius 2 is 0.778 bits per heavy atom. The zero-order valence-electron chi connectivity index (χ0n) is 79.2. The Hall–Kier alpha value is -12.8. The van der Waals surface area contributed by atoms with Crippen molar-refractivity contribution in [2.24, 2.45) is 0 Å². The van der Waals surface area contributed by atoms with Crippen molar-refractivity contribution in [1.29, 1.82) is 0 Å². The highest BCUT2D eigenvalue weighted by atomic mass is 35.5. The van der Waals surface area contributed by atoms with Crippen LogP contribution in [0.5, 0.6) is 0 Å². The SMILES string of the molecule is COC(=O)c1ccc(Cn2ccc(C3(c4ccc(F)cc4)CCCCO3)cc2=O)cc1.Fc1ccc(C2(c3ccnc(Cl)c3)CCCCO2)cc1.Fc1ccccc1.O=C(CCCCCl)c1ccc(F)cc1.O=C(NO)c1ccc(Cn2ccc(C3(c4ccc(F)cc4)CCCCO3)cc2=O)cc1.O=c1cc(C2(c3ccc(F)cc3)CCCCO2)cc[nH]1.OC(CCCCCl)(c1ccc(F)cc1)c1ccnc(Cl)c1. The van der Waals surface area contributed by atoms with Crippen molar-refractivity contribution in [2.45, 2.75) is 157 Å². The first-order valence-corrected chi connectivity index (χ1v) is 49.2. The van der Waals surface area contributed by atoms with E-state index in [2.05, 4.69) is 15.0 Å². The van der Waals surface area contributed by atoms with Gasteiger partial charge in [0, 0.05) is 105 Å². The number of amides is 1. The van der Waals surface area contributed by atoms with Crippen LogP contribution in [0.1, 0.15) is 213 Å². The van der Waals surface area contributed by atoms with E-state index in [9.17, 15) is 64.6 Å². The highest BCUT2D eigenvalue weighted by Gasteiger charge is 2.42. The lowest BCUT2D eigenvalue weighted by molar-refractivity contribution is -0.0536. The van der Waals surface area contributed by atoms with E-state index in [0.717, 1.165) is 158 Å². The molecule has 4 aliphatic rings. The first-order valence-electron chi connectivity index (χ1n) is 47.4. The van der Waals surface area contributed by atoms with Crippen molar-refractivity contribution in [3.8, 4) is 0 Å². The molecule has 4 aliphatic heterocycles. The molecule has 752 valence electrons. The summed E-state index contributed by atoms with van der Waals surface area (Å²) in [6.45, 7) is 3.22. The lowest BCUT2D eigenvalue weighted by Gasteiger charge is -2.38. The first kappa shape index (κ1) is 110. The third-order valence-electron chi connectivity index (χ3n) is 25.2. The van der Waals surface area contributed by atoms with Crippen molar-refractivity contribution in [3.63, 3.8) is 0 Å². The molecule has 4 fully saturated rings. The predicted octanol–water partition coefficient (Wildman–Crippen LogP) is 24.9. The normalized spacial score (nSPS) is 17.7. The molecule has 0 radical (unpaired) electrons. The number of aromatic nitrogens is 5. The Morgan fingerprint density at radius 3 is 1.14 bits per heavy atom. The number of carbonyl (C=O) groups is 3. The number of nitrogens with one attached hydrogen (secondary N) is 2. The summed E-state index contributed by atoms with van der Waals surface area (Å²) >= 11 is 23.1. The highest BCUT2D eigenvalue weighted by Crippen LogP contribution is 2.46. The number of aromatic amines is 1. The maximum atomic E-state index is 13.5. The summed E-state index contributed by atoms with van der Waals surface area (Å²) in [5, 5.41) is 20.6. The number of pyridine rings is 5. The maximum Gasteiger partial charge on any atom is 0.337 e. The van der Waals surface area contributed by atoms with Gasteiger partial charge in [-0.15, -0.1) is 23.2 Å². The van der Waals surface area contributed by atoms with Gasteiger partial charge in [0.25, 0.3) is 17.0 Å². The summed E-state index contributed by atoms with van der Waals surface area (Å²) in [6, 6.07) is 75.9. The molecule has 1 amide bonds. The van der Waals surface area contributed by atoms with Crippen molar-refractivity contribution >= 4 is 64.1 Å². The van der Waals surface area contributed by atoms with Crippen LogP contribution in [0.3, 0.4) is 0 Å². The van der Waals surface area contributed by atoms with Gasteiger partial charge in [-0.1, -0.05) is 126 Å². The fourth-order valence-corrected chi connectivity index (χ4v) is 18.4. The zero-order valence-corrected chi connectivity index (χ0v) is 82.3. The van der Waals surface area contributed by atoms with Crippen LogP contribution < -0.4 is 22.2 Å². The summed E-state index contributed by atoms with van der Waals surface area (Å²) in [5.41, 5.74) is 8.43. The van der Waals surface area contributed by atoms with E-state index in [1.165, 1.54) is 104 Å². The second-order valence-electron chi connectivity index (χ2n) is 34.7.